The molecule has 0 saturated heterocycles. The van der Waals surface area contributed by atoms with Crippen molar-refractivity contribution in [2.24, 2.45) is 0 Å². The maximum absolute atomic E-state index is 12.2. The molecule has 3 rings (SSSR count). The van der Waals surface area contributed by atoms with Gasteiger partial charge in [-0.3, -0.25) is 9.78 Å². The molecule has 1 heterocycles. The Labute approximate surface area is 120 Å². The second-order valence-corrected chi connectivity index (χ2v) is 4.51. The lowest BCUT2D eigenvalue weighted by Crippen LogP contribution is -2.12. The molecule has 104 valence electrons. The molecule has 1 aromatic heterocycles. The van der Waals surface area contributed by atoms with Gasteiger partial charge in [0.05, 0.1) is 11.2 Å². The van der Waals surface area contributed by atoms with Gasteiger partial charge in [0.15, 0.2) is 0 Å². The van der Waals surface area contributed by atoms with Gasteiger partial charge in [-0.05, 0) is 24.3 Å². The normalized spacial score (nSPS) is 10.5. The summed E-state index contributed by atoms with van der Waals surface area (Å²) in [6.07, 6.45) is 1.63. The van der Waals surface area contributed by atoms with Gasteiger partial charge < -0.3 is 15.5 Å². The number of fused-ring (bicyclic) bond motifs is 1. The van der Waals surface area contributed by atoms with Crippen LogP contribution in [0.5, 0.6) is 11.5 Å². The number of carbonyl (C=O) groups excluding carboxylic acids is 1. The molecule has 0 fully saturated rings. The quantitative estimate of drug-likeness (QED) is 0.674. The van der Waals surface area contributed by atoms with E-state index in [1.165, 1.54) is 18.2 Å². The van der Waals surface area contributed by atoms with Crippen LogP contribution in [-0.2, 0) is 0 Å². The number of nitrogens with one attached hydrogen (secondary N) is 1. The Morgan fingerprint density at radius 3 is 2.38 bits per heavy atom. The molecule has 0 aliphatic carbocycles. The van der Waals surface area contributed by atoms with Crippen LogP contribution in [0.1, 0.15) is 10.4 Å². The number of para-hydroxylation sites is 1. The monoisotopic (exact) mass is 280 g/mol. The van der Waals surface area contributed by atoms with Gasteiger partial charge in [0, 0.05) is 11.6 Å². The molecule has 0 aliphatic heterocycles. The van der Waals surface area contributed by atoms with E-state index < -0.39 is 5.91 Å². The first kappa shape index (κ1) is 12.9. The Kier molecular flexibility index (Phi) is 3.16. The molecule has 3 N–H and O–H groups in total. The minimum absolute atomic E-state index is 0.162. The Bertz CT molecular complexity index is 805. The van der Waals surface area contributed by atoms with Crippen LogP contribution >= 0.6 is 0 Å². The number of hydrogen-bond donors (Lipinski definition) is 3. The molecule has 0 radical (unpaired) electrons. The van der Waals surface area contributed by atoms with Gasteiger partial charge in [0.1, 0.15) is 17.1 Å². The molecular formula is C16H12N2O3. The highest BCUT2D eigenvalue weighted by Gasteiger charge is 2.17. The number of aromatic nitrogens is 1. The Balaban J connectivity index is 2.01. The molecule has 1 amide bonds. The number of phenolic OH excluding ortho intramolecular Hbond substituents is 2. The van der Waals surface area contributed by atoms with Gasteiger partial charge in [-0.25, -0.2) is 0 Å². The summed E-state index contributed by atoms with van der Waals surface area (Å²) in [6, 6.07) is 13.2. The summed E-state index contributed by atoms with van der Waals surface area (Å²) in [6.45, 7) is 0. The van der Waals surface area contributed by atoms with E-state index in [0.717, 1.165) is 5.39 Å². The van der Waals surface area contributed by atoms with E-state index in [1.54, 1.807) is 18.3 Å². The molecular weight excluding hydrogens is 268 g/mol. The minimum atomic E-state index is -0.594. The summed E-state index contributed by atoms with van der Waals surface area (Å²) in [5, 5.41) is 23.0. The fraction of sp³-hybridized carbons (Fsp3) is 0. The highest BCUT2D eigenvalue weighted by Crippen LogP contribution is 2.28. The van der Waals surface area contributed by atoms with Crippen LogP contribution in [0.15, 0.2) is 54.7 Å². The van der Waals surface area contributed by atoms with Crippen molar-refractivity contribution in [3.63, 3.8) is 0 Å². The summed E-state index contributed by atoms with van der Waals surface area (Å²) >= 11 is 0. The zero-order valence-corrected chi connectivity index (χ0v) is 10.9. The molecule has 3 aromatic rings. The van der Waals surface area contributed by atoms with Gasteiger partial charge in [0.25, 0.3) is 5.91 Å². The van der Waals surface area contributed by atoms with Gasteiger partial charge >= 0.3 is 0 Å². The number of aromatic hydroxyl groups is 2. The number of pyridine rings is 1. The third-order valence-electron chi connectivity index (χ3n) is 3.13. The van der Waals surface area contributed by atoms with Crippen LogP contribution < -0.4 is 5.32 Å². The molecule has 2 aromatic carbocycles. The smallest absolute Gasteiger partial charge is 0.263 e. The van der Waals surface area contributed by atoms with Gasteiger partial charge in [0.2, 0.25) is 0 Å². The fourth-order valence-corrected chi connectivity index (χ4v) is 2.15. The molecule has 0 spiro atoms. The topological polar surface area (TPSA) is 82.5 Å². The first-order chi connectivity index (χ1) is 10.2. The van der Waals surface area contributed by atoms with Gasteiger partial charge in [-0.2, -0.15) is 0 Å². The number of phenols is 2. The van der Waals surface area contributed by atoms with Crippen LogP contribution in [-0.4, -0.2) is 21.1 Å². The third-order valence-corrected chi connectivity index (χ3v) is 3.13. The predicted molar refractivity (Wildman–Crippen MR) is 79.5 cm³/mol. The van der Waals surface area contributed by atoms with Crippen molar-refractivity contribution in [2.75, 3.05) is 5.32 Å². The van der Waals surface area contributed by atoms with Crippen molar-refractivity contribution in [3.05, 3.63) is 60.3 Å². The summed E-state index contributed by atoms with van der Waals surface area (Å²) in [4.78, 5) is 16.5. The lowest BCUT2D eigenvalue weighted by atomic mass is 10.1. The SMILES string of the molecule is O=C(Nc1cccc2cccnc12)c1c(O)cccc1O. The number of benzene rings is 2. The van der Waals surface area contributed by atoms with E-state index in [0.29, 0.717) is 11.2 Å². The minimum Gasteiger partial charge on any atom is -0.507 e. The third kappa shape index (κ3) is 2.36. The van der Waals surface area contributed by atoms with Crippen molar-refractivity contribution >= 4 is 22.5 Å². The van der Waals surface area contributed by atoms with E-state index in [-0.39, 0.29) is 17.1 Å². The molecule has 21 heavy (non-hydrogen) atoms. The first-order valence-corrected chi connectivity index (χ1v) is 6.33. The van der Waals surface area contributed by atoms with Crippen molar-refractivity contribution in [1.82, 2.24) is 4.98 Å². The van der Waals surface area contributed by atoms with Crippen LogP contribution in [0.25, 0.3) is 10.9 Å². The second-order valence-electron chi connectivity index (χ2n) is 4.51. The second kappa shape index (κ2) is 5.13. The zero-order chi connectivity index (χ0) is 14.8. The van der Waals surface area contributed by atoms with E-state index in [4.69, 9.17) is 0 Å². The van der Waals surface area contributed by atoms with Crippen LogP contribution in [0, 0.1) is 0 Å². The molecule has 0 unspecified atom stereocenters. The van der Waals surface area contributed by atoms with Crippen molar-refractivity contribution in [2.45, 2.75) is 0 Å². The van der Waals surface area contributed by atoms with Crippen molar-refractivity contribution < 1.29 is 15.0 Å². The number of anilines is 1. The number of hydrogen-bond acceptors (Lipinski definition) is 4. The number of nitrogens with zero attached hydrogens (tertiary/aromatic N) is 1. The van der Waals surface area contributed by atoms with E-state index in [2.05, 4.69) is 10.3 Å². The lowest BCUT2D eigenvalue weighted by Gasteiger charge is -2.10. The van der Waals surface area contributed by atoms with E-state index >= 15 is 0 Å². The molecule has 5 heteroatoms. The van der Waals surface area contributed by atoms with Crippen LogP contribution in [0.2, 0.25) is 0 Å². The summed E-state index contributed by atoms with van der Waals surface area (Å²) in [7, 11) is 0. The Morgan fingerprint density at radius 1 is 0.952 bits per heavy atom. The fourth-order valence-electron chi connectivity index (χ4n) is 2.15. The summed E-state index contributed by atoms with van der Waals surface area (Å²) < 4.78 is 0. The van der Waals surface area contributed by atoms with Crippen molar-refractivity contribution in [3.8, 4) is 11.5 Å². The van der Waals surface area contributed by atoms with E-state index in [9.17, 15) is 15.0 Å². The first-order valence-electron chi connectivity index (χ1n) is 6.33. The average Bonchev–Trinajstić information content (AvgIpc) is 2.47. The zero-order valence-electron chi connectivity index (χ0n) is 10.9. The highest BCUT2D eigenvalue weighted by molar-refractivity contribution is 6.11. The summed E-state index contributed by atoms with van der Waals surface area (Å²) in [5.41, 5.74) is 0.995. The number of rotatable bonds is 2. The Hall–Kier alpha value is -3.08. The van der Waals surface area contributed by atoms with Crippen LogP contribution in [0.3, 0.4) is 0 Å². The van der Waals surface area contributed by atoms with Crippen LogP contribution in [0.4, 0.5) is 5.69 Å². The molecule has 0 aliphatic rings. The molecule has 0 atom stereocenters. The highest BCUT2D eigenvalue weighted by atomic mass is 16.3. The van der Waals surface area contributed by atoms with Gasteiger partial charge in [-0.1, -0.05) is 24.3 Å². The Morgan fingerprint density at radius 2 is 1.62 bits per heavy atom. The largest absolute Gasteiger partial charge is 0.507 e. The number of carbonyl (C=O) groups is 1. The van der Waals surface area contributed by atoms with Crippen molar-refractivity contribution in [1.29, 1.82) is 0 Å². The maximum atomic E-state index is 12.2. The average molecular weight is 280 g/mol. The van der Waals surface area contributed by atoms with E-state index in [1.807, 2.05) is 18.2 Å². The lowest BCUT2D eigenvalue weighted by molar-refractivity contribution is 0.102. The van der Waals surface area contributed by atoms with Gasteiger partial charge in [-0.15, -0.1) is 0 Å². The molecule has 0 bridgehead atoms. The summed E-state index contributed by atoms with van der Waals surface area (Å²) in [5.74, 6) is -1.15. The predicted octanol–water partition coefficient (Wildman–Crippen LogP) is 2.90. The number of amides is 1. The molecule has 5 nitrogen and oxygen atoms in total. The molecule has 0 saturated carbocycles. The standard InChI is InChI=1S/C16H12N2O3/c19-12-7-2-8-13(20)14(12)16(21)18-11-6-1-4-10-5-3-9-17-15(10)11/h1-9,19-20H,(H,18,21). The maximum Gasteiger partial charge on any atom is 0.263 e.